The van der Waals surface area contributed by atoms with E-state index < -0.39 is 0 Å². The van der Waals surface area contributed by atoms with Crippen molar-refractivity contribution in [1.82, 2.24) is 5.32 Å². The van der Waals surface area contributed by atoms with Gasteiger partial charge in [0.2, 0.25) is 0 Å². The monoisotopic (exact) mass is 201 g/mol. The minimum Gasteiger partial charge on any atom is -0.469 e. The van der Waals surface area contributed by atoms with E-state index in [1.807, 2.05) is 0 Å². The number of nitrogens with one attached hydrogen (secondary N) is 1. The molecule has 0 aromatic rings. The molecule has 3 nitrogen and oxygen atoms in total. The van der Waals surface area contributed by atoms with Gasteiger partial charge in [-0.05, 0) is 13.0 Å². The standard InChI is InChI=1S/C11H23NO2/c1-4-6-7-8-10(12-5-2)9-11(13)14-3/h10,12H,4-9H2,1-3H3. The molecule has 0 saturated heterocycles. The van der Waals surface area contributed by atoms with Crippen molar-refractivity contribution in [2.24, 2.45) is 0 Å². The van der Waals surface area contributed by atoms with E-state index in [2.05, 4.69) is 23.9 Å². The molecule has 1 unspecified atom stereocenters. The number of hydrogen-bond acceptors (Lipinski definition) is 3. The van der Waals surface area contributed by atoms with Gasteiger partial charge in [-0.2, -0.15) is 0 Å². The maximum Gasteiger partial charge on any atom is 0.307 e. The van der Waals surface area contributed by atoms with Crippen LogP contribution in [0.25, 0.3) is 0 Å². The summed E-state index contributed by atoms with van der Waals surface area (Å²) in [5.74, 6) is -0.118. The van der Waals surface area contributed by atoms with Crippen molar-refractivity contribution in [1.29, 1.82) is 0 Å². The van der Waals surface area contributed by atoms with Crippen LogP contribution in [0.2, 0.25) is 0 Å². The van der Waals surface area contributed by atoms with Gasteiger partial charge >= 0.3 is 5.97 Å². The van der Waals surface area contributed by atoms with E-state index in [1.54, 1.807) is 0 Å². The fourth-order valence-electron chi connectivity index (χ4n) is 1.49. The van der Waals surface area contributed by atoms with Crippen LogP contribution < -0.4 is 5.32 Å². The summed E-state index contributed by atoms with van der Waals surface area (Å²) >= 11 is 0. The summed E-state index contributed by atoms with van der Waals surface area (Å²) < 4.78 is 4.65. The molecule has 0 aliphatic rings. The highest BCUT2D eigenvalue weighted by Crippen LogP contribution is 2.07. The average Bonchev–Trinajstić information content (AvgIpc) is 2.18. The molecule has 0 aliphatic heterocycles. The first-order valence-corrected chi connectivity index (χ1v) is 5.54. The first-order valence-electron chi connectivity index (χ1n) is 5.54. The lowest BCUT2D eigenvalue weighted by Gasteiger charge is -2.16. The molecule has 14 heavy (non-hydrogen) atoms. The smallest absolute Gasteiger partial charge is 0.307 e. The molecule has 0 heterocycles. The summed E-state index contributed by atoms with van der Waals surface area (Å²) in [5.41, 5.74) is 0. The highest BCUT2D eigenvalue weighted by Gasteiger charge is 2.12. The van der Waals surface area contributed by atoms with E-state index in [4.69, 9.17) is 0 Å². The molecule has 0 aromatic carbocycles. The van der Waals surface area contributed by atoms with Gasteiger partial charge in [-0.3, -0.25) is 4.79 Å². The zero-order valence-electron chi connectivity index (χ0n) is 9.64. The van der Waals surface area contributed by atoms with Crippen LogP contribution in [0.1, 0.15) is 46.0 Å². The second kappa shape index (κ2) is 9.00. The summed E-state index contributed by atoms with van der Waals surface area (Å²) in [4.78, 5) is 11.1. The molecule has 0 spiro atoms. The number of methoxy groups -OCH3 is 1. The van der Waals surface area contributed by atoms with Gasteiger partial charge in [0.25, 0.3) is 0 Å². The van der Waals surface area contributed by atoms with Crippen molar-refractivity contribution in [3.63, 3.8) is 0 Å². The van der Waals surface area contributed by atoms with Gasteiger partial charge in [0, 0.05) is 6.04 Å². The van der Waals surface area contributed by atoms with E-state index in [0.29, 0.717) is 12.5 Å². The van der Waals surface area contributed by atoms with Gasteiger partial charge in [-0.1, -0.05) is 33.1 Å². The summed E-state index contributed by atoms with van der Waals surface area (Å²) in [6.07, 6.45) is 5.20. The Morgan fingerprint density at radius 1 is 1.36 bits per heavy atom. The summed E-state index contributed by atoms with van der Waals surface area (Å²) in [7, 11) is 1.44. The number of carbonyl (C=O) groups is 1. The Bertz CT molecular complexity index is 148. The Kier molecular flexibility index (Phi) is 8.64. The minimum atomic E-state index is -0.118. The van der Waals surface area contributed by atoms with Crippen molar-refractivity contribution >= 4 is 5.97 Å². The Balaban J connectivity index is 3.70. The molecule has 0 aliphatic carbocycles. The predicted molar refractivity (Wildman–Crippen MR) is 58.2 cm³/mol. The van der Waals surface area contributed by atoms with Crippen LogP contribution in [0.3, 0.4) is 0 Å². The van der Waals surface area contributed by atoms with E-state index in [9.17, 15) is 4.79 Å². The quantitative estimate of drug-likeness (QED) is 0.483. The Labute approximate surface area is 87.2 Å². The van der Waals surface area contributed by atoms with Crippen LogP contribution in [0.4, 0.5) is 0 Å². The number of unbranched alkanes of at least 4 members (excludes halogenated alkanes) is 2. The van der Waals surface area contributed by atoms with Crippen molar-refractivity contribution in [2.45, 2.75) is 52.0 Å². The molecule has 1 N–H and O–H groups in total. The van der Waals surface area contributed by atoms with Crippen LogP contribution in [0.15, 0.2) is 0 Å². The zero-order chi connectivity index (χ0) is 10.8. The second-order valence-corrected chi connectivity index (χ2v) is 3.53. The Morgan fingerprint density at radius 3 is 2.57 bits per heavy atom. The minimum absolute atomic E-state index is 0.118. The molecule has 1 atom stereocenters. The van der Waals surface area contributed by atoms with Gasteiger partial charge in [0.1, 0.15) is 0 Å². The molecular weight excluding hydrogens is 178 g/mol. The van der Waals surface area contributed by atoms with E-state index >= 15 is 0 Å². The van der Waals surface area contributed by atoms with Crippen molar-refractivity contribution in [3.8, 4) is 0 Å². The summed E-state index contributed by atoms with van der Waals surface area (Å²) in [6.45, 7) is 5.15. The molecule has 0 aromatic heterocycles. The normalized spacial score (nSPS) is 12.5. The molecule has 0 amide bonds. The van der Waals surface area contributed by atoms with Crippen molar-refractivity contribution < 1.29 is 9.53 Å². The third-order valence-electron chi connectivity index (χ3n) is 2.29. The van der Waals surface area contributed by atoms with E-state index in [-0.39, 0.29) is 5.97 Å². The fourth-order valence-corrected chi connectivity index (χ4v) is 1.49. The maximum atomic E-state index is 11.1. The lowest BCUT2D eigenvalue weighted by atomic mass is 10.1. The van der Waals surface area contributed by atoms with Crippen LogP contribution in [0.5, 0.6) is 0 Å². The fraction of sp³-hybridized carbons (Fsp3) is 0.909. The highest BCUT2D eigenvalue weighted by atomic mass is 16.5. The number of ether oxygens (including phenoxy) is 1. The number of esters is 1. The van der Waals surface area contributed by atoms with Gasteiger partial charge in [0.15, 0.2) is 0 Å². The predicted octanol–water partition coefficient (Wildman–Crippen LogP) is 2.11. The summed E-state index contributed by atoms with van der Waals surface area (Å²) in [5, 5.41) is 3.31. The van der Waals surface area contributed by atoms with Crippen LogP contribution in [-0.2, 0) is 9.53 Å². The van der Waals surface area contributed by atoms with E-state index in [1.165, 1.54) is 26.4 Å². The van der Waals surface area contributed by atoms with Crippen LogP contribution in [0, 0.1) is 0 Å². The van der Waals surface area contributed by atoms with Gasteiger partial charge in [-0.15, -0.1) is 0 Å². The highest BCUT2D eigenvalue weighted by molar-refractivity contribution is 5.69. The first kappa shape index (κ1) is 13.4. The van der Waals surface area contributed by atoms with Crippen molar-refractivity contribution in [2.75, 3.05) is 13.7 Å². The third-order valence-corrected chi connectivity index (χ3v) is 2.29. The lowest BCUT2D eigenvalue weighted by Crippen LogP contribution is -2.31. The van der Waals surface area contributed by atoms with Crippen molar-refractivity contribution in [3.05, 3.63) is 0 Å². The number of hydrogen-bond donors (Lipinski definition) is 1. The Morgan fingerprint density at radius 2 is 2.07 bits per heavy atom. The molecule has 0 bridgehead atoms. The molecule has 84 valence electrons. The first-order chi connectivity index (χ1) is 6.74. The average molecular weight is 201 g/mol. The lowest BCUT2D eigenvalue weighted by molar-refractivity contribution is -0.141. The topological polar surface area (TPSA) is 38.3 Å². The van der Waals surface area contributed by atoms with Gasteiger partial charge in [0.05, 0.1) is 13.5 Å². The second-order valence-electron chi connectivity index (χ2n) is 3.53. The third kappa shape index (κ3) is 6.89. The molecule has 0 fully saturated rings. The van der Waals surface area contributed by atoms with E-state index in [0.717, 1.165) is 13.0 Å². The van der Waals surface area contributed by atoms with Gasteiger partial charge in [-0.25, -0.2) is 0 Å². The SMILES string of the molecule is CCCCCC(CC(=O)OC)NCC. The molecule has 0 rings (SSSR count). The largest absolute Gasteiger partial charge is 0.469 e. The Hall–Kier alpha value is -0.570. The summed E-state index contributed by atoms with van der Waals surface area (Å²) in [6, 6.07) is 0.291. The molecular formula is C11H23NO2. The zero-order valence-corrected chi connectivity index (χ0v) is 9.64. The molecule has 0 saturated carbocycles. The van der Waals surface area contributed by atoms with Crippen LogP contribution >= 0.6 is 0 Å². The van der Waals surface area contributed by atoms with Gasteiger partial charge < -0.3 is 10.1 Å². The van der Waals surface area contributed by atoms with Crippen LogP contribution in [-0.4, -0.2) is 25.7 Å². The molecule has 0 radical (unpaired) electrons. The maximum absolute atomic E-state index is 11.1. The number of carbonyl (C=O) groups excluding carboxylic acids is 1. The molecule has 3 heteroatoms. The number of rotatable bonds is 8.